The van der Waals surface area contributed by atoms with Crippen LogP contribution in [0.4, 0.5) is 4.79 Å². The van der Waals surface area contributed by atoms with Crippen LogP contribution in [-0.4, -0.2) is 53.7 Å². The molecule has 3 unspecified atom stereocenters. The van der Waals surface area contributed by atoms with Crippen LogP contribution in [0.3, 0.4) is 0 Å². The predicted octanol–water partition coefficient (Wildman–Crippen LogP) is 2.97. The van der Waals surface area contributed by atoms with Gasteiger partial charge in [0.05, 0.1) is 0 Å². The minimum Gasteiger partial charge on any atom is -0.480 e. The molecule has 188 valence electrons. The Morgan fingerprint density at radius 1 is 1.09 bits per heavy atom. The molecule has 0 aromatic rings. The lowest BCUT2D eigenvalue weighted by Crippen LogP contribution is -2.53. The molecule has 2 fully saturated rings. The molecule has 1 aliphatic carbocycles. The average Bonchev–Trinajstić information content (AvgIpc) is 3.16. The summed E-state index contributed by atoms with van der Waals surface area (Å²) in [5.74, 6) is -1.62. The maximum absolute atomic E-state index is 12.9. The lowest BCUT2D eigenvalue weighted by molar-refractivity contribution is -0.143. The summed E-state index contributed by atoms with van der Waals surface area (Å²) >= 11 is 0. The van der Waals surface area contributed by atoms with E-state index in [-0.39, 0.29) is 24.3 Å². The number of unbranched alkanes of at least 4 members (excludes halogenated alkanes) is 1. The molecule has 2 aliphatic rings. The highest BCUT2D eigenvalue weighted by atomic mass is 16.6. The minimum absolute atomic E-state index is 0.0209. The van der Waals surface area contributed by atoms with E-state index in [1.54, 1.807) is 0 Å². The van der Waals surface area contributed by atoms with E-state index in [9.17, 15) is 24.3 Å². The summed E-state index contributed by atoms with van der Waals surface area (Å²) in [6.07, 6.45) is 7.49. The van der Waals surface area contributed by atoms with Crippen molar-refractivity contribution < 1.29 is 29.0 Å². The number of amides is 3. The van der Waals surface area contributed by atoms with Crippen LogP contribution in [0.5, 0.6) is 0 Å². The highest BCUT2D eigenvalue weighted by molar-refractivity contribution is 5.90. The molecule has 1 heterocycles. The van der Waals surface area contributed by atoms with E-state index >= 15 is 0 Å². The molecular weight excluding hydrogens is 426 g/mol. The van der Waals surface area contributed by atoms with Gasteiger partial charge in [0.15, 0.2) is 0 Å². The Morgan fingerprint density at radius 2 is 1.79 bits per heavy atom. The number of carboxylic acids is 1. The molecular formula is C24H41N3O6. The monoisotopic (exact) mass is 467 g/mol. The van der Waals surface area contributed by atoms with Crippen molar-refractivity contribution in [1.29, 1.82) is 0 Å². The third-order valence-corrected chi connectivity index (χ3v) is 6.65. The number of rotatable bonds is 12. The first kappa shape index (κ1) is 26.9. The molecule has 4 N–H and O–H groups in total. The van der Waals surface area contributed by atoms with Crippen LogP contribution in [0, 0.1) is 17.8 Å². The van der Waals surface area contributed by atoms with E-state index in [0.717, 1.165) is 25.7 Å². The van der Waals surface area contributed by atoms with E-state index in [0.29, 0.717) is 25.3 Å². The van der Waals surface area contributed by atoms with Gasteiger partial charge in [0.2, 0.25) is 11.8 Å². The van der Waals surface area contributed by atoms with Crippen molar-refractivity contribution in [2.24, 2.45) is 17.8 Å². The molecule has 9 heteroatoms. The number of hydrogen-bond donors (Lipinski definition) is 4. The van der Waals surface area contributed by atoms with Gasteiger partial charge in [-0.15, -0.1) is 0 Å². The number of carbonyl (C=O) groups excluding carboxylic acids is 3. The number of carbonyl (C=O) groups is 4. The fourth-order valence-electron chi connectivity index (χ4n) is 4.71. The first-order valence-corrected chi connectivity index (χ1v) is 12.5. The van der Waals surface area contributed by atoms with Gasteiger partial charge in [-0.3, -0.25) is 9.59 Å². The third-order valence-electron chi connectivity index (χ3n) is 6.65. The molecule has 1 saturated heterocycles. The van der Waals surface area contributed by atoms with Gasteiger partial charge >= 0.3 is 12.1 Å². The number of alkyl carbamates (subject to hydrolysis) is 1. The molecule has 0 aromatic carbocycles. The van der Waals surface area contributed by atoms with E-state index < -0.39 is 36.0 Å². The molecule has 1 aliphatic heterocycles. The maximum Gasteiger partial charge on any atom is 0.408 e. The molecule has 0 aromatic heterocycles. The normalized spacial score (nSPS) is 24.6. The summed E-state index contributed by atoms with van der Waals surface area (Å²) in [6, 6.07) is -2.10. The zero-order chi connectivity index (χ0) is 24.4. The van der Waals surface area contributed by atoms with Gasteiger partial charge in [-0.05, 0) is 56.8 Å². The van der Waals surface area contributed by atoms with Crippen LogP contribution in [0.25, 0.3) is 0 Å². The predicted molar refractivity (Wildman–Crippen MR) is 123 cm³/mol. The van der Waals surface area contributed by atoms with E-state index in [2.05, 4.69) is 22.9 Å². The summed E-state index contributed by atoms with van der Waals surface area (Å²) in [4.78, 5) is 48.9. The van der Waals surface area contributed by atoms with Crippen LogP contribution in [0.2, 0.25) is 0 Å². The third kappa shape index (κ3) is 9.21. The topological polar surface area (TPSA) is 134 Å². The van der Waals surface area contributed by atoms with Crippen LogP contribution in [0.15, 0.2) is 0 Å². The van der Waals surface area contributed by atoms with Crippen molar-refractivity contribution in [2.45, 2.75) is 103 Å². The molecule has 0 radical (unpaired) electrons. The molecule has 33 heavy (non-hydrogen) atoms. The maximum atomic E-state index is 12.9. The van der Waals surface area contributed by atoms with Gasteiger partial charge in [0.1, 0.15) is 18.2 Å². The van der Waals surface area contributed by atoms with Crippen LogP contribution in [-0.2, 0) is 19.1 Å². The van der Waals surface area contributed by atoms with E-state index in [1.165, 1.54) is 19.3 Å². The zero-order valence-electron chi connectivity index (χ0n) is 20.2. The largest absolute Gasteiger partial charge is 0.480 e. The van der Waals surface area contributed by atoms with Crippen molar-refractivity contribution in [3.05, 3.63) is 0 Å². The molecule has 3 amide bonds. The summed E-state index contributed by atoms with van der Waals surface area (Å²) in [6.45, 7) is 6.53. The quantitative estimate of drug-likeness (QED) is 0.349. The molecule has 3 atom stereocenters. The second kappa shape index (κ2) is 13.4. The van der Waals surface area contributed by atoms with Crippen LogP contribution >= 0.6 is 0 Å². The van der Waals surface area contributed by atoms with E-state index in [1.807, 2.05) is 13.8 Å². The number of hydrogen-bond acceptors (Lipinski definition) is 5. The van der Waals surface area contributed by atoms with Gasteiger partial charge in [0, 0.05) is 12.5 Å². The summed E-state index contributed by atoms with van der Waals surface area (Å²) < 4.78 is 5.58. The Hall–Kier alpha value is -2.32. The minimum atomic E-state index is -1.20. The SMILES string of the molecule is CCCCC1CCC(OC(=O)NC(CC(C)C)C(=O)NC(CC2CCNC2=O)C(=O)O)CC1. The van der Waals surface area contributed by atoms with Gasteiger partial charge in [-0.2, -0.15) is 0 Å². The van der Waals surface area contributed by atoms with Crippen molar-refractivity contribution >= 4 is 23.9 Å². The number of aliphatic carboxylic acids is 1. The van der Waals surface area contributed by atoms with Gasteiger partial charge in [0.25, 0.3) is 0 Å². The highest BCUT2D eigenvalue weighted by Crippen LogP contribution is 2.29. The second-order valence-electron chi connectivity index (χ2n) is 9.93. The lowest BCUT2D eigenvalue weighted by atomic mass is 9.84. The Balaban J connectivity index is 1.88. The fraction of sp³-hybridized carbons (Fsp3) is 0.833. The van der Waals surface area contributed by atoms with Crippen molar-refractivity contribution in [2.75, 3.05) is 6.54 Å². The second-order valence-corrected chi connectivity index (χ2v) is 9.93. The molecule has 1 saturated carbocycles. The summed E-state index contributed by atoms with van der Waals surface area (Å²) in [5.41, 5.74) is 0. The number of ether oxygens (including phenoxy) is 1. The standard InChI is InChI=1S/C24H41N3O6/c1-4-5-6-16-7-9-18(10-8-16)33-24(32)27-19(13-15(2)3)22(29)26-20(23(30)31)14-17-11-12-25-21(17)28/h15-20H,4-14H2,1-3H3,(H,25,28)(H,26,29)(H,27,32)(H,30,31). The van der Waals surface area contributed by atoms with Gasteiger partial charge in [-0.1, -0.05) is 40.0 Å². The molecule has 0 bridgehead atoms. The first-order valence-electron chi connectivity index (χ1n) is 12.5. The Morgan fingerprint density at radius 3 is 2.33 bits per heavy atom. The Bertz CT molecular complexity index is 675. The Labute approximate surface area is 196 Å². The smallest absolute Gasteiger partial charge is 0.408 e. The number of nitrogens with one attached hydrogen (secondary N) is 3. The lowest BCUT2D eigenvalue weighted by Gasteiger charge is -2.29. The van der Waals surface area contributed by atoms with Gasteiger partial charge in [-0.25, -0.2) is 9.59 Å². The van der Waals surface area contributed by atoms with Crippen LogP contribution in [0.1, 0.15) is 85.0 Å². The van der Waals surface area contributed by atoms with Crippen molar-refractivity contribution in [3.63, 3.8) is 0 Å². The molecule has 9 nitrogen and oxygen atoms in total. The summed E-state index contributed by atoms with van der Waals surface area (Å²) in [7, 11) is 0. The summed E-state index contributed by atoms with van der Waals surface area (Å²) in [5, 5.41) is 17.4. The van der Waals surface area contributed by atoms with Crippen LogP contribution < -0.4 is 16.0 Å². The van der Waals surface area contributed by atoms with E-state index in [4.69, 9.17) is 4.74 Å². The van der Waals surface area contributed by atoms with Crippen molar-refractivity contribution in [1.82, 2.24) is 16.0 Å². The molecule has 2 rings (SSSR count). The molecule has 0 spiro atoms. The zero-order valence-corrected chi connectivity index (χ0v) is 20.2. The highest BCUT2D eigenvalue weighted by Gasteiger charge is 2.33. The van der Waals surface area contributed by atoms with Crippen molar-refractivity contribution in [3.8, 4) is 0 Å². The number of carboxylic acid groups (broad SMARTS) is 1. The average molecular weight is 468 g/mol. The Kier molecular flexibility index (Phi) is 10.9. The fourth-order valence-corrected chi connectivity index (χ4v) is 4.71. The first-order chi connectivity index (χ1) is 15.7. The van der Waals surface area contributed by atoms with Gasteiger partial charge < -0.3 is 25.8 Å².